The number of hydrogen-bond acceptors (Lipinski definition) is 5. The van der Waals surface area contributed by atoms with Crippen molar-refractivity contribution in [2.75, 3.05) is 44.2 Å². The monoisotopic (exact) mass is 431 g/mol. The smallest absolute Gasteiger partial charge is 0.289 e. The molecule has 0 unspecified atom stereocenters. The standard InChI is InChI=1S/C25H25N3O4/c29-24(17-26-12-14-27(15-13-26)25(30)23-11-6-16-31-23)28-20-9-4-5-10-22(20)32-18-21(28)19-7-2-1-3-8-19/h1-11,16,21H,12-15,17-18H2/t21-/m1/s1. The lowest BCUT2D eigenvalue weighted by Gasteiger charge is -2.39. The number of anilines is 1. The van der Waals surface area contributed by atoms with E-state index < -0.39 is 0 Å². The molecule has 2 aromatic carbocycles. The lowest BCUT2D eigenvalue weighted by atomic mass is 10.0. The summed E-state index contributed by atoms with van der Waals surface area (Å²) in [4.78, 5) is 31.8. The Kier molecular flexibility index (Phi) is 5.64. The molecule has 0 saturated carbocycles. The van der Waals surface area contributed by atoms with Gasteiger partial charge in [-0.05, 0) is 29.8 Å². The second-order valence-corrected chi connectivity index (χ2v) is 8.01. The van der Waals surface area contributed by atoms with Gasteiger partial charge in [0.2, 0.25) is 5.91 Å². The molecule has 2 aliphatic heterocycles. The Morgan fingerprint density at radius 3 is 2.38 bits per heavy atom. The number of ether oxygens (including phenoxy) is 1. The van der Waals surface area contributed by atoms with E-state index in [-0.39, 0.29) is 17.9 Å². The van der Waals surface area contributed by atoms with Crippen molar-refractivity contribution in [1.29, 1.82) is 0 Å². The summed E-state index contributed by atoms with van der Waals surface area (Å²) in [5.41, 5.74) is 1.84. The van der Waals surface area contributed by atoms with Crippen LogP contribution < -0.4 is 9.64 Å². The highest BCUT2D eigenvalue weighted by molar-refractivity contribution is 5.97. The second kappa shape index (κ2) is 8.88. The Hall–Kier alpha value is -3.58. The summed E-state index contributed by atoms with van der Waals surface area (Å²) in [6.07, 6.45) is 1.51. The quantitative estimate of drug-likeness (QED) is 0.635. The lowest BCUT2D eigenvalue weighted by molar-refractivity contribution is -0.121. The van der Waals surface area contributed by atoms with Crippen LogP contribution in [0.15, 0.2) is 77.4 Å². The molecule has 32 heavy (non-hydrogen) atoms. The van der Waals surface area contributed by atoms with Gasteiger partial charge in [0.15, 0.2) is 5.76 Å². The van der Waals surface area contributed by atoms with Crippen molar-refractivity contribution >= 4 is 17.5 Å². The van der Waals surface area contributed by atoms with Gasteiger partial charge in [0.05, 0.1) is 24.5 Å². The summed E-state index contributed by atoms with van der Waals surface area (Å²) in [5, 5.41) is 0. The van der Waals surface area contributed by atoms with Crippen molar-refractivity contribution < 1.29 is 18.7 Å². The first kappa shape index (κ1) is 20.3. The Balaban J connectivity index is 1.30. The maximum Gasteiger partial charge on any atom is 0.289 e. The Labute approximate surface area is 186 Å². The van der Waals surface area contributed by atoms with Gasteiger partial charge in [-0.1, -0.05) is 42.5 Å². The van der Waals surface area contributed by atoms with E-state index in [1.165, 1.54) is 6.26 Å². The van der Waals surface area contributed by atoms with Gasteiger partial charge in [-0.25, -0.2) is 0 Å². The SMILES string of the molecule is O=C(c1ccco1)N1CCN(CC(=O)N2c3ccccc3OC[C@@H]2c2ccccc2)CC1. The number of para-hydroxylation sites is 2. The van der Waals surface area contributed by atoms with Gasteiger partial charge in [0.25, 0.3) is 5.91 Å². The van der Waals surface area contributed by atoms with Gasteiger partial charge in [-0.2, -0.15) is 0 Å². The predicted octanol–water partition coefficient (Wildman–Crippen LogP) is 3.20. The predicted molar refractivity (Wildman–Crippen MR) is 120 cm³/mol. The van der Waals surface area contributed by atoms with Gasteiger partial charge >= 0.3 is 0 Å². The van der Waals surface area contributed by atoms with Gasteiger partial charge in [-0.15, -0.1) is 0 Å². The third-order valence-electron chi connectivity index (χ3n) is 6.04. The van der Waals surface area contributed by atoms with Crippen molar-refractivity contribution in [3.63, 3.8) is 0 Å². The average Bonchev–Trinajstić information content (AvgIpc) is 3.39. The number of fused-ring (bicyclic) bond motifs is 1. The minimum atomic E-state index is -0.180. The van der Waals surface area contributed by atoms with E-state index in [1.54, 1.807) is 17.0 Å². The van der Waals surface area contributed by atoms with E-state index in [4.69, 9.17) is 9.15 Å². The fourth-order valence-corrected chi connectivity index (χ4v) is 4.35. The van der Waals surface area contributed by atoms with Crippen molar-refractivity contribution in [2.45, 2.75) is 6.04 Å². The molecule has 164 valence electrons. The number of benzene rings is 2. The topological polar surface area (TPSA) is 66.2 Å². The van der Waals surface area contributed by atoms with E-state index in [9.17, 15) is 9.59 Å². The number of carbonyl (C=O) groups is 2. The minimum Gasteiger partial charge on any atom is -0.489 e. The van der Waals surface area contributed by atoms with E-state index in [0.717, 1.165) is 17.0 Å². The molecule has 3 heterocycles. The molecule has 5 rings (SSSR count). The van der Waals surface area contributed by atoms with Crippen LogP contribution in [0.5, 0.6) is 5.75 Å². The molecule has 0 bridgehead atoms. The van der Waals surface area contributed by atoms with E-state index >= 15 is 0 Å². The zero-order valence-corrected chi connectivity index (χ0v) is 17.7. The summed E-state index contributed by atoms with van der Waals surface area (Å²) in [5.74, 6) is 1.000. The van der Waals surface area contributed by atoms with Crippen LogP contribution >= 0.6 is 0 Å². The van der Waals surface area contributed by atoms with Crippen molar-refractivity contribution in [3.05, 3.63) is 84.3 Å². The number of rotatable bonds is 4. The van der Waals surface area contributed by atoms with Crippen LogP contribution in [0.25, 0.3) is 0 Å². The van der Waals surface area contributed by atoms with Gasteiger partial charge in [0.1, 0.15) is 12.4 Å². The second-order valence-electron chi connectivity index (χ2n) is 8.01. The number of nitrogens with zero attached hydrogens (tertiary/aromatic N) is 3. The molecule has 1 aromatic heterocycles. The first-order valence-corrected chi connectivity index (χ1v) is 10.8. The molecule has 0 N–H and O–H groups in total. The molecular formula is C25H25N3O4. The van der Waals surface area contributed by atoms with Crippen LogP contribution in [0.1, 0.15) is 22.2 Å². The zero-order chi connectivity index (χ0) is 21.9. The summed E-state index contributed by atoms with van der Waals surface area (Å²) in [6, 6.07) is 20.9. The number of piperazine rings is 1. The molecule has 0 radical (unpaired) electrons. The zero-order valence-electron chi connectivity index (χ0n) is 17.7. The first-order valence-electron chi connectivity index (χ1n) is 10.8. The van der Waals surface area contributed by atoms with Crippen LogP contribution in [-0.2, 0) is 4.79 Å². The summed E-state index contributed by atoms with van der Waals surface area (Å²) in [6.45, 7) is 3.11. The van der Waals surface area contributed by atoms with Crippen LogP contribution in [0.3, 0.4) is 0 Å². The van der Waals surface area contributed by atoms with Crippen molar-refractivity contribution in [3.8, 4) is 5.75 Å². The van der Waals surface area contributed by atoms with E-state index in [0.29, 0.717) is 45.1 Å². The Morgan fingerprint density at radius 1 is 0.875 bits per heavy atom. The van der Waals surface area contributed by atoms with Gasteiger partial charge in [0, 0.05) is 26.2 Å². The lowest BCUT2D eigenvalue weighted by Crippen LogP contribution is -2.52. The van der Waals surface area contributed by atoms with Crippen molar-refractivity contribution in [1.82, 2.24) is 9.80 Å². The van der Waals surface area contributed by atoms with E-state index in [2.05, 4.69) is 4.90 Å². The summed E-state index contributed by atoms with van der Waals surface area (Å²) < 4.78 is 11.2. The maximum absolute atomic E-state index is 13.5. The molecule has 2 aliphatic rings. The highest BCUT2D eigenvalue weighted by atomic mass is 16.5. The van der Waals surface area contributed by atoms with Gasteiger partial charge < -0.3 is 14.1 Å². The molecule has 1 saturated heterocycles. The molecule has 7 nitrogen and oxygen atoms in total. The van der Waals surface area contributed by atoms with Crippen LogP contribution in [0.4, 0.5) is 5.69 Å². The third kappa shape index (κ3) is 3.99. The maximum atomic E-state index is 13.5. The Morgan fingerprint density at radius 2 is 1.62 bits per heavy atom. The van der Waals surface area contributed by atoms with Crippen molar-refractivity contribution in [2.24, 2.45) is 0 Å². The van der Waals surface area contributed by atoms with Crippen LogP contribution in [0, 0.1) is 0 Å². The molecule has 0 aliphatic carbocycles. The molecule has 1 fully saturated rings. The van der Waals surface area contributed by atoms with Crippen LogP contribution in [0.2, 0.25) is 0 Å². The molecular weight excluding hydrogens is 406 g/mol. The van der Waals surface area contributed by atoms with Crippen LogP contribution in [-0.4, -0.2) is 60.9 Å². The first-order chi connectivity index (χ1) is 15.7. The largest absolute Gasteiger partial charge is 0.489 e. The third-order valence-corrected chi connectivity index (χ3v) is 6.04. The number of amides is 2. The molecule has 2 amide bonds. The normalized spacial score (nSPS) is 18.7. The summed E-state index contributed by atoms with van der Waals surface area (Å²) in [7, 11) is 0. The van der Waals surface area contributed by atoms with E-state index in [1.807, 2.05) is 59.5 Å². The minimum absolute atomic E-state index is 0.0282. The highest BCUT2D eigenvalue weighted by Gasteiger charge is 2.34. The highest BCUT2D eigenvalue weighted by Crippen LogP contribution is 2.39. The summed E-state index contributed by atoms with van der Waals surface area (Å²) >= 11 is 0. The number of furan rings is 1. The average molecular weight is 431 g/mol. The Bertz CT molecular complexity index is 1080. The van der Waals surface area contributed by atoms with Gasteiger partial charge in [-0.3, -0.25) is 19.4 Å². The fourth-order valence-electron chi connectivity index (χ4n) is 4.35. The number of carbonyl (C=O) groups excluding carboxylic acids is 2. The fraction of sp³-hybridized carbons (Fsp3) is 0.280. The molecule has 7 heteroatoms. The number of hydrogen-bond donors (Lipinski definition) is 0. The molecule has 3 aromatic rings. The molecule has 0 spiro atoms. The molecule has 1 atom stereocenters.